The predicted molar refractivity (Wildman–Crippen MR) is 97.7 cm³/mol. The zero-order chi connectivity index (χ0) is 16.8. The van der Waals surface area contributed by atoms with Crippen LogP contribution in [-0.4, -0.2) is 21.7 Å². The number of halogens is 1. The number of benzene rings is 2. The normalized spacial score (nSPS) is 10.4. The second kappa shape index (κ2) is 7.75. The summed E-state index contributed by atoms with van der Waals surface area (Å²) in [5.41, 5.74) is 2.11. The molecule has 0 aliphatic carbocycles. The van der Waals surface area contributed by atoms with E-state index in [2.05, 4.69) is 44.5 Å². The van der Waals surface area contributed by atoms with E-state index in [4.69, 9.17) is 11.6 Å². The van der Waals surface area contributed by atoms with Gasteiger partial charge in [-0.25, -0.2) is 0 Å². The van der Waals surface area contributed by atoms with Crippen LogP contribution in [-0.2, 0) is 6.54 Å². The van der Waals surface area contributed by atoms with Crippen molar-refractivity contribution in [2.75, 3.05) is 16.8 Å². The number of aromatic nitrogens is 3. The Kier molecular flexibility index (Phi) is 5.23. The topological polar surface area (TPSA) is 53.9 Å². The molecule has 0 atom stereocenters. The molecule has 5 nitrogen and oxygen atoms in total. The zero-order valence-electron chi connectivity index (χ0n) is 13.4. The summed E-state index contributed by atoms with van der Waals surface area (Å²) >= 11 is 5.90. The molecular formula is C18H18ClN5. The Morgan fingerprint density at radius 2 is 1.79 bits per heavy atom. The van der Waals surface area contributed by atoms with Crippen molar-refractivity contribution in [3.63, 3.8) is 0 Å². The van der Waals surface area contributed by atoms with Gasteiger partial charge in [-0.2, -0.15) is 10.1 Å². The molecule has 2 aromatic carbocycles. The Morgan fingerprint density at radius 3 is 2.50 bits per heavy atom. The summed E-state index contributed by atoms with van der Waals surface area (Å²) in [5, 5.41) is 12.1. The van der Waals surface area contributed by atoms with Crippen LogP contribution in [0.15, 0.2) is 60.8 Å². The Labute approximate surface area is 146 Å². The lowest BCUT2D eigenvalue weighted by Crippen LogP contribution is -2.24. The minimum atomic E-state index is 0.598. The maximum Gasteiger partial charge on any atom is 0.247 e. The molecule has 0 saturated heterocycles. The quantitative estimate of drug-likeness (QED) is 0.725. The lowest BCUT2D eigenvalue weighted by atomic mass is 10.2. The Hall–Kier alpha value is -2.66. The van der Waals surface area contributed by atoms with Crippen LogP contribution in [0.25, 0.3) is 0 Å². The van der Waals surface area contributed by atoms with Gasteiger partial charge in [0.2, 0.25) is 5.95 Å². The molecule has 0 amide bonds. The van der Waals surface area contributed by atoms with Crippen molar-refractivity contribution in [1.82, 2.24) is 15.2 Å². The van der Waals surface area contributed by atoms with Crippen LogP contribution in [0.4, 0.5) is 17.5 Å². The molecule has 0 unspecified atom stereocenters. The first-order chi connectivity index (χ1) is 11.7. The van der Waals surface area contributed by atoms with Crippen molar-refractivity contribution in [1.29, 1.82) is 0 Å². The van der Waals surface area contributed by atoms with E-state index in [1.807, 2.05) is 42.5 Å². The molecule has 3 rings (SSSR count). The average molecular weight is 340 g/mol. The maximum absolute atomic E-state index is 5.90. The zero-order valence-corrected chi connectivity index (χ0v) is 14.1. The molecule has 6 heteroatoms. The summed E-state index contributed by atoms with van der Waals surface area (Å²) in [6.07, 6.45) is 1.61. The van der Waals surface area contributed by atoms with E-state index in [0.717, 1.165) is 18.8 Å². The molecule has 0 aliphatic heterocycles. The van der Waals surface area contributed by atoms with Crippen LogP contribution in [0.1, 0.15) is 12.5 Å². The summed E-state index contributed by atoms with van der Waals surface area (Å²) in [6.45, 7) is 3.61. The molecule has 24 heavy (non-hydrogen) atoms. The number of rotatable bonds is 6. The van der Waals surface area contributed by atoms with Gasteiger partial charge in [0.1, 0.15) is 0 Å². The summed E-state index contributed by atoms with van der Waals surface area (Å²) in [5.74, 6) is 1.24. The van der Waals surface area contributed by atoms with Gasteiger partial charge in [-0.1, -0.05) is 41.9 Å². The highest BCUT2D eigenvalue weighted by molar-refractivity contribution is 6.30. The number of anilines is 3. The molecule has 0 bridgehead atoms. The highest BCUT2D eigenvalue weighted by Crippen LogP contribution is 2.19. The number of nitrogens with zero attached hydrogens (tertiary/aromatic N) is 4. The summed E-state index contributed by atoms with van der Waals surface area (Å²) in [7, 11) is 0. The van der Waals surface area contributed by atoms with Crippen molar-refractivity contribution < 1.29 is 0 Å². The lowest BCUT2D eigenvalue weighted by molar-refractivity contribution is 0.771. The van der Waals surface area contributed by atoms with E-state index in [1.54, 1.807) is 6.20 Å². The first-order valence-electron chi connectivity index (χ1n) is 7.76. The summed E-state index contributed by atoms with van der Waals surface area (Å²) < 4.78 is 0. The first kappa shape index (κ1) is 16.2. The highest BCUT2D eigenvalue weighted by Gasteiger charge is 2.10. The molecule has 0 spiro atoms. The second-order valence-corrected chi connectivity index (χ2v) is 5.71. The van der Waals surface area contributed by atoms with Gasteiger partial charge >= 0.3 is 0 Å². The van der Waals surface area contributed by atoms with Crippen molar-refractivity contribution in [3.05, 3.63) is 71.4 Å². The second-order valence-electron chi connectivity index (χ2n) is 5.27. The van der Waals surface area contributed by atoms with Gasteiger partial charge in [0.25, 0.3) is 0 Å². The van der Waals surface area contributed by atoms with E-state index < -0.39 is 0 Å². The van der Waals surface area contributed by atoms with Crippen molar-refractivity contribution in [3.8, 4) is 0 Å². The Balaban J connectivity index is 1.76. The van der Waals surface area contributed by atoms with Crippen molar-refractivity contribution in [2.45, 2.75) is 13.5 Å². The predicted octanol–water partition coefficient (Wildman–Crippen LogP) is 4.30. The number of nitrogens with one attached hydrogen (secondary N) is 1. The Morgan fingerprint density at radius 1 is 1.04 bits per heavy atom. The third kappa shape index (κ3) is 4.20. The fourth-order valence-electron chi connectivity index (χ4n) is 2.30. The van der Waals surface area contributed by atoms with E-state index in [-0.39, 0.29) is 0 Å². The van der Waals surface area contributed by atoms with Gasteiger partial charge in [-0.3, -0.25) is 0 Å². The molecular weight excluding hydrogens is 322 g/mol. The van der Waals surface area contributed by atoms with Gasteiger partial charge < -0.3 is 10.2 Å². The number of hydrogen-bond acceptors (Lipinski definition) is 5. The minimum absolute atomic E-state index is 0.598. The standard InChI is InChI=1S/C18H18ClN5/c1-2-24(13-14-6-4-3-5-7-14)18-22-17(12-20-23-18)21-16-10-8-15(19)9-11-16/h3-12H,2,13H2,1H3,(H,21,22,23). The van der Waals surface area contributed by atoms with Gasteiger partial charge in [-0.15, -0.1) is 5.10 Å². The van der Waals surface area contributed by atoms with Crippen LogP contribution >= 0.6 is 11.6 Å². The average Bonchev–Trinajstić information content (AvgIpc) is 2.63. The van der Waals surface area contributed by atoms with Crippen LogP contribution in [0, 0.1) is 0 Å². The lowest BCUT2D eigenvalue weighted by Gasteiger charge is -2.20. The molecule has 122 valence electrons. The first-order valence-corrected chi connectivity index (χ1v) is 8.13. The maximum atomic E-state index is 5.90. The molecule has 0 fully saturated rings. The van der Waals surface area contributed by atoms with Gasteiger partial charge in [-0.05, 0) is 36.8 Å². The van der Waals surface area contributed by atoms with E-state index in [0.29, 0.717) is 16.8 Å². The van der Waals surface area contributed by atoms with Crippen LogP contribution < -0.4 is 10.2 Å². The van der Waals surface area contributed by atoms with E-state index >= 15 is 0 Å². The molecule has 1 aromatic heterocycles. The minimum Gasteiger partial charge on any atom is -0.339 e. The third-order valence-electron chi connectivity index (χ3n) is 3.55. The van der Waals surface area contributed by atoms with E-state index in [9.17, 15) is 0 Å². The number of hydrogen-bond donors (Lipinski definition) is 1. The van der Waals surface area contributed by atoms with Crippen molar-refractivity contribution >= 4 is 29.1 Å². The molecule has 0 saturated carbocycles. The molecule has 1 N–H and O–H groups in total. The van der Waals surface area contributed by atoms with E-state index in [1.165, 1.54) is 5.56 Å². The van der Waals surface area contributed by atoms with Crippen LogP contribution in [0.5, 0.6) is 0 Å². The van der Waals surface area contributed by atoms with Crippen molar-refractivity contribution in [2.24, 2.45) is 0 Å². The fraction of sp³-hybridized carbons (Fsp3) is 0.167. The highest BCUT2D eigenvalue weighted by atomic mass is 35.5. The smallest absolute Gasteiger partial charge is 0.247 e. The largest absolute Gasteiger partial charge is 0.339 e. The van der Waals surface area contributed by atoms with Gasteiger partial charge in [0.05, 0.1) is 6.20 Å². The van der Waals surface area contributed by atoms with Crippen LogP contribution in [0.2, 0.25) is 5.02 Å². The molecule has 0 aliphatic rings. The van der Waals surface area contributed by atoms with Crippen LogP contribution in [0.3, 0.4) is 0 Å². The van der Waals surface area contributed by atoms with Gasteiger partial charge in [0.15, 0.2) is 5.82 Å². The monoisotopic (exact) mass is 339 g/mol. The van der Waals surface area contributed by atoms with Gasteiger partial charge in [0, 0.05) is 23.8 Å². The molecule has 0 radical (unpaired) electrons. The summed E-state index contributed by atoms with van der Waals surface area (Å²) in [4.78, 5) is 6.64. The molecule has 3 aromatic rings. The summed E-state index contributed by atoms with van der Waals surface area (Å²) in [6, 6.07) is 17.7. The Bertz CT molecular complexity index is 777. The SMILES string of the molecule is CCN(Cc1ccccc1)c1nncc(Nc2ccc(Cl)cc2)n1. The molecule has 1 heterocycles. The fourth-order valence-corrected chi connectivity index (χ4v) is 2.42. The third-order valence-corrected chi connectivity index (χ3v) is 3.80.